The van der Waals surface area contributed by atoms with Crippen molar-refractivity contribution in [3.63, 3.8) is 0 Å². The first-order valence-electron chi connectivity index (χ1n) is 10.2. The SMILES string of the molecule is COCCOc1ccc(C(F)(F)F)cc1NC(=O)c1cccc(OCc2ccccc2C#N)c1. The molecule has 0 radical (unpaired) electrons. The third-order valence-electron chi connectivity index (χ3n) is 4.73. The number of alkyl halides is 3. The van der Waals surface area contributed by atoms with E-state index in [2.05, 4.69) is 11.4 Å². The van der Waals surface area contributed by atoms with Crippen LogP contribution in [0.2, 0.25) is 0 Å². The number of amides is 1. The molecule has 0 unspecified atom stereocenters. The van der Waals surface area contributed by atoms with Gasteiger partial charge in [0.1, 0.15) is 24.7 Å². The number of ether oxygens (including phenoxy) is 3. The lowest BCUT2D eigenvalue weighted by Gasteiger charge is -2.15. The van der Waals surface area contributed by atoms with Gasteiger partial charge in [0.25, 0.3) is 5.91 Å². The summed E-state index contributed by atoms with van der Waals surface area (Å²) in [7, 11) is 1.47. The van der Waals surface area contributed by atoms with Crippen LogP contribution in [-0.4, -0.2) is 26.2 Å². The number of carbonyl (C=O) groups excluding carboxylic acids is 1. The second kappa shape index (κ2) is 11.2. The Hall–Kier alpha value is -4.03. The minimum absolute atomic E-state index is 0.0823. The van der Waals surface area contributed by atoms with E-state index in [0.717, 1.165) is 18.2 Å². The Labute approximate surface area is 194 Å². The molecule has 3 aromatic rings. The van der Waals surface area contributed by atoms with Crippen molar-refractivity contribution < 1.29 is 32.2 Å². The van der Waals surface area contributed by atoms with E-state index in [1.54, 1.807) is 36.4 Å². The molecule has 0 aromatic heterocycles. The van der Waals surface area contributed by atoms with E-state index in [9.17, 15) is 23.2 Å². The monoisotopic (exact) mass is 470 g/mol. The first kappa shape index (κ1) is 24.6. The van der Waals surface area contributed by atoms with Gasteiger partial charge in [-0.25, -0.2) is 0 Å². The second-order valence-electron chi connectivity index (χ2n) is 7.09. The van der Waals surface area contributed by atoms with Crippen molar-refractivity contribution in [3.8, 4) is 17.6 Å². The van der Waals surface area contributed by atoms with Gasteiger partial charge in [-0.1, -0.05) is 24.3 Å². The largest absolute Gasteiger partial charge is 0.489 e. The van der Waals surface area contributed by atoms with Crippen LogP contribution in [0.4, 0.5) is 18.9 Å². The molecule has 176 valence electrons. The molecule has 0 fully saturated rings. The van der Waals surface area contributed by atoms with Gasteiger partial charge in [0, 0.05) is 18.2 Å². The number of hydrogen-bond acceptors (Lipinski definition) is 5. The van der Waals surface area contributed by atoms with Crippen molar-refractivity contribution in [2.75, 3.05) is 25.6 Å². The molecule has 3 rings (SSSR count). The molecule has 1 amide bonds. The fraction of sp³-hybridized carbons (Fsp3) is 0.200. The summed E-state index contributed by atoms with van der Waals surface area (Å²) in [6.45, 7) is 0.431. The topological polar surface area (TPSA) is 80.6 Å². The summed E-state index contributed by atoms with van der Waals surface area (Å²) in [5.41, 5.74) is 0.287. The van der Waals surface area contributed by atoms with Gasteiger partial charge in [-0.2, -0.15) is 18.4 Å². The third-order valence-corrected chi connectivity index (χ3v) is 4.73. The molecular formula is C25H21F3N2O4. The highest BCUT2D eigenvalue weighted by atomic mass is 19.4. The van der Waals surface area contributed by atoms with E-state index in [-0.39, 0.29) is 36.8 Å². The van der Waals surface area contributed by atoms with Crippen molar-refractivity contribution in [1.29, 1.82) is 5.26 Å². The molecule has 9 heteroatoms. The fourth-order valence-corrected chi connectivity index (χ4v) is 3.00. The molecule has 0 atom stereocenters. The predicted octanol–water partition coefficient (Wildman–Crippen LogP) is 5.43. The molecule has 1 N–H and O–H groups in total. The number of nitrogens with one attached hydrogen (secondary N) is 1. The van der Waals surface area contributed by atoms with Gasteiger partial charge in [0.05, 0.1) is 29.5 Å². The van der Waals surface area contributed by atoms with Crippen LogP contribution < -0.4 is 14.8 Å². The first-order chi connectivity index (χ1) is 16.3. The van der Waals surface area contributed by atoms with E-state index in [4.69, 9.17) is 14.2 Å². The second-order valence-corrected chi connectivity index (χ2v) is 7.09. The minimum atomic E-state index is -4.59. The Morgan fingerprint density at radius 2 is 1.79 bits per heavy atom. The van der Waals surface area contributed by atoms with E-state index in [1.165, 1.54) is 19.2 Å². The molecule has 0 spiro atoms. The number of benzene rings is 3. The summed E-state index contributed by atoms with van der Waals surface area (Å²) < 4.78 is 55.6. The van der Waals surface area contributed by atoms with Gasteiger partial charge >= 0.3 is 6.18 Å². The molecule has 0 aliphatic heterocycles. The highest BCUT2D eigenvalue weighted by Crippen LogP contribution is 2.35. The molecule has 34 heavy (non-hydrogen) atoms. The smallest absolute Gasteiger partial charge is 0.416 e. The van der Waals surface area contributed by atoms with Crippen molar-refractivity contribution in [1.82, 2.24) is 0 Å². The zero-order valence-electron chi connectivity index (χ0n) is 18.2. The quantitative estimate of drug-likeness (QED) is 0.422. The number of methoxy groups -OCH3 is 1. The number of nitriles is 1. The molecule has 0 heterocycles. The van der Waals surface area contributed by atoms with Crippen molar-refractivity contribution in [2.24, 2.45) is 0 Å². The lowest BCUT2D eigenvalue weighted by molar-refractivity contribution is -0.137. The Morgan fingerprint density at radius 3 is 2.53 bits per heavy atom. The van der Waals surface area contributed by atoms with Crippen molar-refractivity contribution in [2.45, 2.75) is 12.8 Å². The van der Waals surface area contributed by atoms with Crippen molar-refractivity contribution in [3.05, 3.63) is 89.0 Å². The Balaban J connectivity index is 1.77. The minimum Gasteiger partial charge on any atom is -0.489 e. The van der Waals surface area contributed by atoms with E-state index < -0.39 is 17.6 Å². The molecule has 0 aliphatic carbocycles. The normalized spacial score (nSPS) is 10.9. The van der Waals surface area contributed by atoms with Gasteiger partial charge in [0.15, 0.2) is 0 Å². The highest BCUT2D eigenvalue weighted by Gasteiger charge is 2.31. The highest BCUT2D eigenvalue weighted by molar-refractivity contribution is 6.05. The zero-order chi connectivity index (χ0) is 24.6. The summed E-state index contributed by atoms with van der Waals surface area (Å²) in [6.07, 6.45) is -4.59. The van der Waals surface area contributed by atoms with Gasteiger partial charge in [-0.15, -0.1) is 0 Å². The van der Waals surface area contributed by atoms with E-state index >= 15 is 0 Å². The maximum Gasteiger partial charge on any atom is 0.416 e. The maximum absolute atomic E-state index is 13.2. The third kappa shape index (κ3) is 6.49. The van der Waals surface area contributed by atoms with Crippen LogP contribution in [0.3, 0.4) is 0 Å². The van der Waals surface area contributed by atoms with Gasteiger partial charge in [-0.3, -0.25) is 4.79 Å². The molecular weight excluding hydrogens is 449 g/mol. The number of anilines is 1. The summed E-state index contributed by atoms with van der Waals surface area (Å²) in [6, 6.07) is 18.1. The Bertz CT molecular complexity index is 1190. The summed E-state index contributed by atoms with van der Waals surface area (Å²) in [5, 5.41) is 11.7. The summed E-state index contributed by atoms with van der Waals surface area (Å²) in [4.78, 5) is 12.8. The number of hydrogen-bond donors (Lipinski definition) is 1. The standard InChI is InChI=1S/C25H21F3N2O4/c1-32-11-12-33-23-10-9-20(25(26,27)28)14-22(23)30-24(31)17-7-4-8-21(13-17)34-16-19-6-3-2-5-18(19)15-29/h2-10,13-14H,11-12,16H2,1H3,(H,30,31). The number of halogens is 3. The van der Waals surface area contributed by atoms with Crippen LogP contribution in [0.1, 0.15) is 27.0 Å². The number of carbonyl (C=O) groups is 1. The van der Waals surface area contributed by atoms with Gasteiger partial charge < -0.3 is 19.5 Å². The Kier molecular flexibility index (Phi) is 8.11. The average Bonchev–Trinajstić information content (AvgIpc) is 2.83. The van der Waals surface area contributed by atoms with Gasteiger partial charge in [-0.05, 0) is 42.5 Å². The molecule has 3 aromatic carbocycles. The molecule has 0 bridgehead atoms. The predicted molar refractivity (Wildman–Crippen MR) is 119 cm³/mol. The summed E-state index contributed by atoms with van der Waals surface area (Å²) >= 11 is 0. The van der Waals surface area contributed by atoms with Crippen LogP contribution >= 0.6 is 0 Å². The van der Waals surface area contributed by atoms with E-state index in [0.29, 0.717) is 16.9 Å². The van der Waals surface area contributed by atoms with Crippen LogP contribution in [0, 0.1) is 11.3 Å². The van der Waals surface area contributed by atoms with Gasteiger partial charge in [0.2, 0.25) is 0 Å². The summed E-state index contributed by atoms with van der Waals surface area (Å²) in [5.74, 6) is -0.196. The van der Waals surface area contributed by atoms with Crippen LogP contribution in [0.15, 0.2) is 66.7 Å². The molecule has 6 nitrogen and oxygen atoms in total. The maximum atomic E-state index is 13.2. The Morgan fingerprint density at radius 1 is 1.00 bits per heavy atom. The van der Waals surface area contributed by atoms with Crippen LogP contribution in [-0.2, 0) is 17.5 Å². The first-order valence-corrected chi connectivity index (χ1v) is 10.2. The number of nitrogens with zero attached hydrogens (tertiary/aromatic N) is 1. The van der Waals surface area contributed by atoms with Crippen LogP contribution in [0.5, 0.6) is 11.5 Å². The molecule has 0 aliphatic rings. The average molecular weight is 470 g/mol. The van der Waals surface area contributed by atoms with Crippen molar-refractivity contribution >= 4 is 11.6 Å². The number of rotatable bonds is 9. The lowest BCUT2D eigenvalue weighted by atomic mass is 10.1. The molecule has 0 saturated heterocycles. The van der Waals surface area contributed by atoms with E-state index in [1.807, 2.05) is 0 Å². The van der Waals surface area contributed by atoms with Crippen LogP contribution in [0.25, 0.3) is 0 Å². The molecule has 0 saturated carbocycles. The zero-order valence-corrected chi connectivity index (χ0v) is 18.2. The lowest BCUT2D eigenvalue weighted by Crippen LogP contribution is -2.15. The fourth-order valence-electron chi connectivity index (χ4n) is 3.00.